The molecule has 5 nitrogen and oxygen atoms in total. The molecule has 1 aliphatic rings. The lowest BCUT2D eigenvalue weighted by Gasteiger charge is -2.36. The first-order valence-electron chi connectivity index (χ1n) is 10.4. The first-order valence-corrected chi connectivity index (χ1v) is 10.4. The Kier molecular flexibility index (Phi) is 7.29. The van der Waals surface area contributed by atoms with Gasteiger partial charge in [-0.15, -0.1) is 0 Å². The SMILES string of the molecule is COc1ccc2c(c1)CCCN2C(=O)CN(Cc1ccccc1)C(CO)C(C)C. The number of ether oxygens (including phenoxy) is 1. The van der Waals surface area contributed by atoms with Gasteiger partial charge in [0, 0.05) is 24.8 Å². The van der Waals surface area contributed by atoms with Gasteiger partial charge in [0.05, 0.1) is 20.3 Å². The van der Waals surface area contributed by atoms with Gasteiger partial charge < -0.3 is 14.7 Å². The molecule has 0 bridgehead atoms. The molecule has 1 N–H and O–H groups in total. The summed E-state index contributed by atoms with van der Waals surface area (Å²) >= 11 is 0. The minimum atomic E-state index is -0.0701. The van der Waals surface area contributed by atoms with Crippen LogP contribution in [0.3, 0.4) is 0 Å². The van der Waals surface area contributed by atoms with Gasteiger partial charge in [0.25, 0.3) is 0 Å². The molecule has 0 fully saturated rings. The molecule has 0 spiro atoms. The van der Waals surface area contributed by atoms with Crippen molar-refractivity contribution in [2.24, 2.45) is 5.92 Å². The molecule has 0 saturated carbocycles. The van der Waals surface area contributed by atoms with Crippen LogP contribution in [-0.2, 0) is 17.8 Å². The number of aliphatic hydroxyl groups is 1. The van der Waals surface area contributed by atoms with Crippen LogP contribution in [0.5, 0.6) is 5.75 Å². The third-order valence-corrected chi connectivity index (χ3v) is 5.70. The van der Waals surface area contributed by atoms with Gasteiger partial charge in [0.2, 0.25) is 5.91 Å². The van der Waals surface area contributed by atoms with Gasteiger partial charge in [0.1, 0.15) is 5.75 Å². The van der Waals surface area contributed by atoms with E-state index in [1.807, 2.05) is 41.3 Å². The number of nitrogens with zero attached hydrogens (tertiary/aromatic N) is 2. The van der Waals surface area contributed by atoms with Gasteiger partial charge in [-0.2, -0.15) is 0 Å². The van der Waals surface area contributed by atoms with E-state index in [4.69, 9.17) is 4.74 Å². The largest absolute Gasteiger partial charge is 0.497 e. The third-order valence-electron chi connectivity index (χ3n) is 5.70. The Morgan fingerprint density at radius 2 is 1.97 bits per heavy atom. The van der Waals surface area contributed by atoms with Crippen molar-refractivity contribution in [1.82, 2.24) is 4.90 Å². The van der Waals surface area contributed by atoms with Crippen LogP contribution in [0, 0.1) is 5.92 Å². The average Bonchev–Trinajstić information content (AvgIpc) is 2.73. The highest BCUT2D eigenvalue weighted by molar-refractivity contribution is 5.96. The van der Waals surface area contributed by atoms with Crippen molar-refractivity contribution in [3.05, 3.63) is 59.7 Å². The van der Waals surface area contributed by atoms with E-state index in [-0.39, 0.29) is 31.0 Å². The maximum absolute atomic E-state index is 13.3. The Labute approximate surface area is 173 Å². The molecular formula is C24H32N2O3. The highest BCUT2D eigenvalue weighted by Gasteiger charge is 2.28. The van der Waals surface area contributed by atoms with Crippen molar-refractivity contribution in [1.29, 1.82) is 0 Å². The standard InChI is InChI=1S/C24H32N2O3/c1-18(2)23(17-27)25(15-19-8-5-4-6-9-19)16-24(28)26-13-7-10-20-14-21(29-3)11-12-22(20)26/h4-6,8-9,11-12,14,18,23,27H,7,10,13,15-17H2,1-3H3. The average molecular weight is 397 g/mol. The fraction of sp³-hybridized carbons (Fsp3) is 0.458. The predicted octanol–water partition coefficient (Wildman–Crippen LogP) is 3.49. The number of hydrogen-bond donors (Lipinski definition) is 1. The van der Waals surface area contributed by atoms with E-state index >= 15 is 0 Å². The van der Waals surface area contributed by atoms with E-state index in [2.05, 4.69) is 30.9 Å². The maximum atomic E-state index is 13.3. The van der Waals surface area contributed by atoms with Crippen LogP contribution in [0.2, 0.25) is 0 Å². The molecule has 1 aliphatic heterocycles. The number of methoxy groups -OCH3 is 1. The van der Waals surface area contributed by atoms with Crippen LogP contribution >= 0.6 is 0 Å². The van der Waals surface area contributed by atoms with Crippen LogP contribution in [0.4, 0.5) is 5.69 Å². The molecule has 1 amide bonds. The van der Waals surface area contributed by atoms with Gasteiger partial charge in [-0.3, -0.25) is 9.69 Å². The summed E-state index contributed by atoms with van der Waals surface area (Å²) in [4.78, 5) is 17.3. The lowest BCUT2D eigenvalue weighted by atomic mass is 10.00. The summed E-state index contributed by atoms with van der Waals surface area (Å²) in [5.41, 5.74) is 3.27. The molecule has 0 saturated heterocycles. The van der Waals surface area contributed by atoms with Gasteiger partial charge >= 0.3 is 0 Å². The summed E-state index contributed by atoms with van der Waals surface area (Å²) in [7, 11) is 1.66. The number of fused-ring (bicyclic) bond motifs is 1. The van der Waals surface area contributed by atoms with Gasteiger partial charge in [0.15, 0.2) is 0 Å². The third kappa shape index (κ3) is 5.17. The van der Waals surface area contributed by atoms with Crippen molar-refractivity contribution in [3.8, 4) is 5.75 Å². The lowest BCUT2D eigenvalue weighted by Crippen LogP contribution is -2.48. The second-order valence-corrected chi connectivity index (χ2v) is 8.03. The van der Waals surface area contributed by atoms with Crippen molar-refractivity contribution in [2.45, 2.75) is 39.3 Å². The van der Waals surface area contributed by atoms with Crippen molar-refractivity contribution >= 4 is 11.6 Å². The normalized spacial score (nSPS) is 14.8. The topological polar surface area (TPSA) is 53.0 Å². The zero-order valence-electron chi connectivity index (χ0n) is 17.7. The zero-order chi connectivity index (χ0) is 20.8. The number of amides is 1. The second kappa shape index (κ2) is 9.90. The smallest absolute Gasteiger partial charge is 0.241 e. The summed E-state index contributed by atoms with van der Waals surface area (Å²) in [5, 5.41) is 10.0. The molecule has 156 valence electrons. The molecule has 3 rings (SSSR count). The summed E-state index contributed by atoms with van der Waals surface area (Å²) in [6.07, 6.45) is 1.90. The lowest BCUT2D eigenvalue weighted by molar-refractivity contribution is -0.121. The minimum Gasteiger partial charge on any atom is -0.497 e. The van der Waals surface area contributed by atoms with E-state index in [9.17, 15) is 9.90 Å². The highest BCUT2D eigenvalue weighted by atomic mass is 16.5. The maximum Gasteiger partial charge on any atom is 0.241 e. The number of carbonyl (C=O) groups is 1. The predicted molar refractivity (Wildman–Crippen MR) is 116 cm³/mol. The quantitative estimate of drug-likeness (QED) is 0.742. The van der Waals surface area contributed by atoms with Crippen LogP contribution < -0.4 is 9.64 Å². The van der Waals surface area contributed by atoms with Gasteiger partial charge in [-0.1, -0.05) is 44.2 Å². The highest BCUT2D eigenvalue weighted by Crippen LogP contribution is 2.31. The summed E-state index contributed by atoms with van der Waals surface area (Å²) in [6.45, 7) is 5.86. The summed E-state index contributed by atoms with van der Waals surface area (Å²) < 4.78 is 5.34. The Balaban J connectivity index is 1.81. The molecule has 1 atom stereocenters. The van der Waals surface area contributed by atoms with Crippen molar-refractivity contribution < 1.29 is 14.6 Å². The minimum absolute atomic E-state index is 0.0333. The molecule has 2 aromatic carbocycles. The number of aryl methyl sites for hydroxylation is 1. The fourth-order valence-electron chi connectivity index (χ4n) is 4.07. The number of hydrogen-bond acceptors (Lipinski definition) is 4. The van der Waals surface area contributed by atoms with Gasteiger partial charge in [-0.05, 0) is 48.1 Å². The molecule has 0 aliphatic carbocycles. The molecular weight excluding hydrogens is 364 g/mol. The van der Waals surface area contributed by atoms with Crippen LogP contribution in [0.1, 0.15) is 31.4 Å². The Hall–Kier alpha value is -2.37. The fourth-order valence-corrected chi connectivity index (χ4v) is 4.07. The summed E-state index contributed by atoms with van der Waals surface area (Å²) in [5.74, 6) is 1.14. The molecule has 1 unspecified atom stereocenters. The Bertz CT molecular complexity index is 807. The number of rotatable bonds is 8. The van der Waals surface area contributed by atoms with Crippen LogP contribution in [0.25, 0.3) is 0 Å². The number of aliphatic hydroxyl groups excluding tert-OH is 1. The number of carbonyl (C=O) groups excluding carboxylic acids is 1. The number of anilines is 1. The van der Waals surface area contributed by atoms with E-state index < -0.39 is 0 Å². The molecule has 5 heteroatoms. The second-order valence-electron chi connectivity index (χ2n) is 8.03. The van der Waals surface area contributed by atoms with Crippen LogP contribution in [0.15, 0.2) is 48.5 Å². The Morgan fingerprint density at radius 1 is 1.21 bits per heavy atom. The van der Waals surface area contributed by atoms with E-state index in [0.717, 1.165) is 42.0 Å². The van der Waals surface area contributed by atoms with E-state index in [0.29, 0.717) is 6.54 Å². The van der Waals surface area contributed by atoms with Gasteiger partial charge in [-0.25, -0.2) is 0 Å². The molecule has 2 aromatic rings. The summed E-state index contributed by atoms with van der Waals surface area (Å²) in [6, 6.07) is 16.0. The zero-order valence-corrected chi connectivity index (χ0v) is 17.7. The van der Waals surface area contributed by atoms with Crippen LogP contribution in [-0.4, -0.2) is 48.8 Å². The molecule has 29 heavy (non-hydrogen) atoms. The molecule has 0 aromatic heterocycles. The first kappa shape index (κ1) is 21.3. The Morgan fingerprint density at radius 3 is 2.62 bits per heavy atom. The molecule has 1 heterocycles. The first-order chi connectivity index (χ1) is 14.0. The van der Waals surface area contributed by atoms with E-state index in [1.165, 1.54) is 0 Å². The van der Waals surface area contributed by atoms with Crippen molar-refractivity contribution in [2.75, 3.05) is 31.7 Å². The molecule has 0 radical (unpaired) electrons. The van der Waals surface area contributed by atoms with E-state index in [1.54, 1.807) is 7.11 Å². The number of benzene rings is 2. The van der Waals surface area contributed by atoms with Crippen molar-refractivity contribution in [3.63, 3.8) is 0 Å². The monoisotopic (exact) mass is 396 g/mol.